The van der Waals surface area contributed by atoms with Crippen LogP contribution in [0.2, 0.25) is 0 Å². The van der Waals surface area contributed by atoms with Crippen LogP contribution >= 0.6 is 0 Å². The lowest BCUT2D eigenvalue weighted by Gasteiger charge is -2.33. The van der Waals surface area contributed by atoms with Crippen LogP contribution in [-0.2, 0) is 4.79 Å². The predicted octanol–water partition coefficient (Wildman–Crippen LogP) is 2.50. The Hall–Kier alpha value is -0.650. The molecule has 26 heavy (non-hydrogen) atoms. The molecule has 4 N–H and O–H groups in total. The Bertz CT molecular complexity index is 385. The van der Waals surface area contributed by atoms with Crippen LogP contribution in [0, 0.1) is 11.8 Å². The highest BCUT2D eigenvalue weighted by molar-refractivity contribution is 5.75. The Morgan fingerprint density at radius 2 is 1.58 bits per heavy atom. The van der Waals surface area contributed by atoms with E-state index in [1.165, 1.54) is 57.8 Å². The number of hydrogen-bond acceptors (Lipinski definition) is 4. The van der Waals surface area contributed by atoms with E-state index in [1.54, 1.807) is 0 Å². The van der Waals surface area contributed by atoms with Crippen LogP contribution < -0.4 is 16.4 Å². The van der Waals surface area contributed by atoms with E-state index in [1.807, 2.05) is 0 Å². The van der Waals surface area contributed by atoms with Crippen molar-refractivity contribution in [1.82, 2.24) is 15.5 Å². The lowest BCUT2D eigenvalue weighted by atomic mass is 9.76. The maximum absolute atomic E-state index is 11.9. The van der Waals surface area contributed by atoms with E-state index in [4.69, 9.17) is 5.73 Å². The van der Waals surface area contributed by atoms with Crippen LogP contribution in [0.4, 0.5) is 0 Å². The molecule has 0 aromatic rings. The molecule has 0 spiro atoms. The molecule has 2 aliphatic rings. The summed E-state index contributed by atoms with van der Waals surface area (Å²) < 4.78 is 0. The number of carbonyl (C=O) groups excluding carboxylic acids is 1. The van der Waals surface area contributed by atoms with Gasteiger partial charge >= 0.3 is 0 Å². The highest BCUT2D eigenvalue weighted by Gasteiger charge is 2.25. The van der Waals surface area contributed by atoms with Crippen LogP contribution in [0.3, 0.4) is 0 Å². The number of hydrogen-bond donors (Lipinski definition) is 3. The Morgan fingerprint density at radius 3 is 2.19 bits per heavy atom. The number of nitrogens with zero attached hydrogens (tertiary/aromatic N) is 1. The van der Waals surface area contributed by atoms with Crippen molar-refractivity contribution in [1.29, 1.82) is 0 Å². The van der Waals surface area contributed by atoms with Gasteiger partial charge in [0.2, 0.25) is 5.91 Å². The summed E-state index contributed by atoms with van der Waals surface area (Å²) in [6.45, 7) is 2.62. The maximum Gasteiger partial charge on any atom is 0.221 e. The van der Waals surface area contributed by atoms with Gasteiger partial charge in [0.25, 0.3) is 0 Å². The summed E-state index contributed by atoms with van der Waals surface area (Å²) in [4.78, 5) is 14.0. The molecular formula is C21H42N4O. The van der Waals surface area contributed by atoms with Crippen LogP contribution in [-0.4, -0.2) is 56.6 Å². The Morgan fingerprint density at radius 1 is 0.962 bits per heavy atom. The topological polar surface area (TPSA) is 70.4 Å². The average molecular weight is 367 g/mol. The molecule has 5 heteroatoms. The van der Waals surface area contributed by atoms with Gasteiger partial charge in [0.05, 0.1) is 0 Å². The number of rotatable bonds is 10. The van der Waals surface area contributed by atoms with Crippen LogP contribution in [0.15, 0.2) is 0 Å². The molecule has 1 amide bonds. The first-order valence-electron chi connectivity index (χ1n) is 10.9. The Labute approximate surface area is 160 Å². The molecule has 0 aliphatic heterocycles. The third-order valence-electron chi connectivity index (χ3n) is 6.29. The number of amides is 1. The summed E-state index contributed by atoms with van der Waals surface area (Å²) in [5, 5.41) is 6.62. The molecule has 2 aliphatic carbocycles. The van der Waals surface area contributed by atoms with Crippen molar-refractivity contribution >= 4 is 5.91 Å². The van der Waals surface area contributed by atoms with Gasteiger partial charge in [0.15, 0.2) is 0 Å². The Kier molecular flexibility index (Phi) is 9.94. The zero-order chi connectivity index (χ0) is 18.8. The number of nitrogens with two attached hydrogens (primary N) is 1. The highest BCUT2D eigenvalue weighted by Crippen LogP contribution is 2.35. The fourth-order valence-corrected chi connectivity index (χ4v) is 4.60. The van der Waals surface area contributed by atoms with Crippen molar-refractivity contribution in [3.8, 4) is 0 Å². The smallest absolute Gasteiger partial charge is 0.221 e. The van der Waals surface area contributed by atoms with Crippen molar-refractivity contribution in [2.75, 3.05) is 33.7 Å². The zero-order valence-corrected chi connectivity index (χ0v) is 17.1. The maximum atomic E-state index is 11.9. The van der Waals surface area contributed by atoms with Gasteiger partial charge in [-0.05, 0) is 96.7 Å². The molecule has 5 nitrogen and oxygen atoms in total. The van der Waals surface area contributed by atoms with Crippen molar-refractivity contribution in [3.63, 3.8) is 0 Å². The number of nitrogens with one attached hydrogen (secondary N) is 2. The van der Waals surface area contributed by atoms with Gasteiger partial charge in [-0.25, -0.2) is 0 Å². The first-order chi connectivity index (χ1) is 12.5. The monoisotopic (exact) mass is 366 g/mol. The molecule has 0 aromatic carbocycles. The molecular weight excluding hydrogens is 324 g/mol. The molecule has 0 aromatic heterocycles. The van der Waals surface area contributed by atoms with E-state index in [0.717, 1.165) is 37.9 Å². The molecule has 2 saturated carbocycles. The van der Waals surface area contributed by atoms with E-state index in [2.05, 4.69) is 29.6 Å². The fraction of sp³-hybridized carbons (Fsp3) is 0.952. The third-order valence-corrected chi connectivity index (χ3v) is 6.29. The van der Waals surface area contributed by atoms with Gasteiger partial charge < -0.3 is 21.3 Å². The second-order valence-electron chi connectivity index (χ2n) is 8.95. The average Bonchev–Trinajstić information content (AvgIpc) is 2.62. The minimum atomic E-state index is 0.181. The van der Waals surface area contributed by atoms with Gasteiger partial charge in [0.1, 0.15) is 0 Å². The molecule has 0 unspecified atom stereocenters. The van der Waals surface area contributed by atoms with E-state index in [9.17, 15) is 4.79 Å². The normalized spacial score (nSPS) is 29.7. The van der Waals surface area contributed by atoms with Crippen LogP contribution in [0.1, 0.15) is 70.6 Å². The van der Waals surface area contributed by atoms with E-state index < -0.39 is 0 Å². The Balaban J connectivity index is 1.48. The van der Waals surface area contributed by atoms with Crippen molar-refractivity contribution in [3.05, 3.63) is 0 Å². The summed E-state index contributed by atoms with van der Waals surface area (Å²) in [6.07, 6.45) is 13.5. The standard InChI is InChI=1S/C21H42N4O/c1-25(2)15-3-13-24-21(26)12-14-23-20-10-6-18(7-11-20)16-17-4-8-19(22)9-5-17/h17-20,23H,3-16,22H2,1-2H3,(H,24,26). The van der Waals surface area contributed by atoms with Crippen molar-refractivity contribution < 1.29 is 4.79 Å². The molecule has 0 heterocycles. The summed E-state index contributed by atoms with van der Waals surface area (Å²) >= 11 is 0. The van der Waals surface area contributed by atoms with Gasteiger partial charge in [0, 0.05) is 31.6 Å². The van der Waals surface area contributed by atoms with E-state index >= 15 is 0 Å². The number of carbonyl (C=O) groups is 1. The quantitative estimate of drug-likeness (QED) is 0.520. The second-order valence-corrected chi connectivity index (χ2v) is 8.95. The summed E-state index contributed by atoms with van der Waals surface area (Å²) in [7, 11) is 4.12. The molecule has 152 valence electrons. The van der Waals surface area contributed by atoms with Gasteiger partial charge in [-0.15, -0.1) is 0 Å². The summed E-state index contributed by atoms with van der Waals surface area (Å²) in [5.74, 6) is 2.04. The lowest BCUT2D eigenvalue weighted by Crippen LogP contribution is -2.37. The zero-order valence-electron chi connectivity index (χ0n) is 17.1. The molecule has 0 bridgehead atoms. The minimum Gasteiger partial charge on any atom is -0.356 e. The van der Waals surface area contributed by atoms with Crippen LogP contribution in [0.5, 0.6) is 0 Å². The summed E-state index contributed by atoms with van der Waals surface area (Å²) in [6, 6.07) is 1.09. The first-order valence-corrected chi connectivity index (χ1v) is 10.9. The second kappa shape index (κ2) is 11.9. The lowest BCUT2D eigenvalue weighted by molar-refractivity contribution is -0.121. The SMILES string of the molecule is CN(C)CCCNC(=O)CCNC1CCC(CC2CCC(N)CC2)CC1. The molecule has 0 radical (unpaired) electrons. The highest BCUT2D eigenvalue weighted by atomic mass is 16.1. The van der Waals surface area contributed by atoms with E-state index in [0.29, 0.717) is 18.5 Å². The van der Waals surface area contributed by atoms with Gasteiger partial charge in [-0.1, -0.05) is 0 Å². The summed E-state index contributed by atoms with van der Waals surface area (Å²) in [5.41, 5.74) is 6.02. The largest absolute Gasteiger partial charge is 0.356 e. The van der Waals surface area contributed by atoms with Crippen molar-refractivity contribution in [2.24, 2.45) is 17.6 Å². The fourth-order valence-electron chi connectivity index (χ4n) is 4.60. The van der Waals surface area contributed by atoms with Gasteiger partial charge in [-0.2, -0.15) is 0 Å². The minimum absolute atomic E-state index is 0.181. The predicted molar refractivity (Wildman–Crippen MR) is 109 cm³/mol. The third kappa shape index (κ3) is 8.83. The molecule has 2 rings (SSSR count). The molecule has 2 fully saturated rings. The molecule has 0 atom stereocenters. The first kappa shape index (κ1) is 21.6. The van der Waals surface area contributed by atoms with Crippen molar-refractivity contribution in [2.45, 2.75) is 82.7 Å². The van der Waals surface area contributed by atoms with Crippen LogP contribution in [0.25, 0.3) is 0 Å². The molecule has 0 saturated heterocycles. The van der Waals surface area contributed by atoms with Gasteiger partial charge in [-0.3, -0.25) is 4.79 Å². The van der Waals surface area contributed by atoms with E-state index in [-0.39, 0.29) is 5.91 Å².